The SMILES string of the molecule is CC1=C(C)Cc2c(c(O)c3cccc([N+](=O)[O-])c3c2O)C1. The smallest absolute Gasteiger partial charge is 0.281 e. The molecule has 2 aromatic carbocycles. The molecule has 0 bridgehead atoms. The average molecular weight is 285 g/mol. The van der Waals surface area contributed by atoms with Gasteiger partial charge in [-0.2, -0.15) is 0 Å². The van der Waals surface area contributed by atoms with E-state index in [1.165, 1.54) is 12.1 Å². The van der Waals surface area contributed by atoms with Crippen LogP contribution in [0.3, 0.4) is 0 Å². The first-order valence-electron chi connectivity index (χ1n) is 6.69. The summed E-state index contributed by atoms with van der Waals surface area (Å²) in [5.41, 5.74) is 3.35. The molecule has 0 radical (unpaired) electrons. The summed E-state index contributed by atoms with van der Waals surface area (Å²) in [5, 5.41) is 32.6. The van der Waals surface area contributed by atoms with E-state index in [0.29, 0.717) is 29.4 Å². The quantitative estimate of drug-likeness (QED) is 0.363. The third-order valence-corrected chi connectivity index (χ3v) is 4.28. The van der Waals surface area contributed by atoms with Crippen molar-refractivity contribution in [3.8, 4) is 11.5 Å². The Bertz CT molecular complexity index is 821. The van der Waals surface area contributed by atoms with Gasteiger partial charge in [0.05, 0.1) is 4.92 Å². The number of hydrogen-bond donors (Lipinski definition) is 2. The van der Waals surface area contributed by atoms with Crippen molar-refractivity contribution in [1.29, 1.82) is 0 Å². The van der Waals surface area contributed by atoms with Gasteiger partial charge in [-0.15, -0.1) is 0 Å². The van der Waals surface area contributed by atoms with Crippen LogP contribution in [0.15, 0.2) is 29.3 Å². The van der Waals surface area contributed by atoms with E-state index >= 15 is 0 Å². The molecule has 108 valence electrons. The second kappa shape index (κ2) is 4.48. The van der Waals surface area contributed by atoms with Crippen molar-refractivity contribution in [1.82, 2.24) is 0 Å². The molecule has 1 aliphatic rings. The number of aromatic hydroxyl groups is 2. The Morgan fingerprint density at radius 3 is 2.19 bits per heavy atom. The fraction of sp³-hybridized carbons (Fsp3) is 0.250. The summed E-state index contributed by atoms with van der Waals surface area (Å²) in [6.45, 7) is 3.96. The first-order valence-corrected chi connectivity index (χ1v) is 6.69. The van der Waals surface area contributed by atoms with E-state index < -0.39 is 4.92 Å². The topological polar surface area (TPSA) is 83.6 Å². The van der Waals surface area contributed by atoms with Crippen LogP contribution in [0.1, 0.15) is 25.0 Å². The molecule has 1 aliphatic carbocycles. The first kappa shape index (κ1) is 13.4. The van der Waals surface area contributed by atoms with E-state index in [0.717, 1.165) is 11.1 Å². The van der Waals surface area contributed by atoms with Gasteiger partial charge in [-0.25, -0.2) is 0 Å². The first-order chi connectivity index (χ1) is 9.91. The molecule has 0 spiro atoms. The van der Waals surface area contributed by atoms with Crippen molar-refractivity contribution < 1.29 is 15.1 Å². The summed E-state index contributed by atoms with van der Waals surface area (Å²) >= 11 is 0. The highest BCUT2D eigenvalue weighted by molar-refractivity contribution is 6.01. The van der Waals surface area contributed by atoms with Crippen LogP contribution < -0.4 is 0 Å². The van der Waals surface area contributed by atoms with Crippen molar-refractivity contribution in [2.24, 2.45) is 0 Å². The summed E-state index contributed by atoms with van der Waals surface area (Å²) in [4.78, 5) is 10.6. The Hall–Kier alpha value is -2.56. The molecule has 0 atom stereocenters. The van der Waals surface area contributed by atoms with E-state index in [4.69, 9.17) is 0 Å². The number of non-ortho nitro benzene ring substituents is 1. The van der Waals surface area contributed by atoms with Crippen molar-refractivity contribution in [2.45, 2.75) is 26.7 Å². The number of phenols is 2. The highest BCUT2D eigenvalue weighted by atomic mass is 16.6. The molecule has 0 amide bonds. The monoisotopic (exact) mass is 285 g/mol. The number of rotatable bonds is 1. The number of nitro groups is 1. The Morgan fingerprint density at radius 2 is 1.62 bits per heavy atom. The Morgan fingerprint density at radius 1 is 1.05 bits per heavy atom. The molecular formula is C16H15NO4. The molecule has 5 nitrogen and oxygen atoms in total. The Balaban J connectivity index is 2.43. The third-order valence-electron chi connectivity index (χ3n) is 4.28. The summed E-state index contributed by atoms with van der Waals surface area (Å²) in [7, 11) is 0. The highest BCUT2D eigenvalue weighted by Crippen LogP contribution is 2.46. The van der Waals surface area contributed by atoms with Gasteiger partial charge in [-0.1, -0.05) is 23.3 Å². The number of benzene rings is 2. The van der Waals surface area contributed by atoms with Crippen molar-refractivity contribution >= 4 is 16.5 Å². The van der Waals surface area contributed by atoms with Crippen LogP contribution in [0.2, 0.25) is 0 Å². The van der Waals surface area contributed by atoms with Crippen molar-refractivity contribution in [3.63, 3.8) is 0 Å². The predicted molar refractivity (Wildman–Crippen MR) is 79.7 cm³/mol. The average Bonchev–Trinajstić information content (AvgIpc) is 2.46. The highest BCUT2D eigenvalue weighted by Gasteiger charge is 2.27. The van der Waals surface area contributed by atoms with Crippen LogP contribution in [0, 0.1) is 10.1 Å². The number of nitro benzene ring substituents is 1. The number of hydrogen-bond acceptors (Lipinski definition) is 4. The molecule has 0 saturated heterocycles. The summed E-state index contributed by atoms with van der Waals surface area (Å²) in [5.74, 6) is -0.0506. The summed E-state index contributed by atoms with van der Waals surface area (Å²) in [6, 6.07) is 4.45. The maximum absolute atomic E-state index is 11.2. The Kier molecular flexibility index (Phi) is 2.86. The molecule has 0 saturated carbocycles. The third kappa shape index (κ3) is 1.85. The van der Waals surface area contributed by atoms with Crippen LogP contribution in [0.25, 0.3) is 10.8 Å². The molecule has 2 aromatic rings. The van der Waals surface area contributed by atoms with Gasteiger partial charge in [0.1, 0.15) is 16.9 Å². The van der Waals surface area contributed by atoms with Gasteiger partial charge in [-0.3, -0.25) is 10.1 Å². The lowest BCUT2D eigenvalue weighted by atomic mass is 9.84. The van der Waals surface area contributed by atoms with Gasteiger partial charge in [0.2, 0.25) is 0 Å². The lowest BCUT2D eigenvalue weighted by Gasteiger charge is -2.22. The molecule has 3 rings (SSSR count). The molecule has 21 heavy (non-hydrogen) atoms. The summed E-state index contributed by atoms with van der Waals surface area (Å²) in [6.07, 6.45) is 1.06. The van der Waals surface area contributed by atoms with Gasteiger partial charge in [0.25, 0.3) is 5.69 Å². The largest absolute Gasteiger partial charge is 0.507 e. The van der Waals surface area contributed by atoms with Gasteiger partial charge in [0, 0.05) is 22.6 Å². The zero-order valence-corrected chi connectivity index (χ0v) is 11.8. The zero-order chi connectivity index (χ0) is 15.3. The van der Waals surface area contributed by atoms with Gasteiger partial charge < -0.3 is 10.2 Å². The summed E-state index contributed by atoms with van der Waals surface area (Å²) < 4.78 is 0. The fourth-order valence-electron chi connectivity index (χ4n) is 2.95. The van der Waals surface area contributed by atoms with E-state index in [-0.39, 0.29) is 22.6 Å². The van der Waals surface area contributed by atoms with Gasteiger partial charge in [-0.05, 0) is 26.7 Å². The molecule has 5 heteroatoms. The van der Waals surface area contributed by atoms with Crippen LogP contribution in [-0.2, 0) is 12.8 Å². The molecule has 0 aromatic heterocycles. The molecule has 0 heterocycles. The minimum atomic E-state index is -0.537. The van der Waals surface area contributed by atoms with Crippen LogP contribution in [0.4, 0.5) is 5.69 Å². The van der Waals surface area contributed by atoms with Gasteiger partial charge >= 0.3 is 0 Å². The fourth-order valence-corrected chi connectivity index (χ4v) is 2.95. The lowest BCUT2D eigenvalue weighted by Crippen LogP contribution is -2.07. The Labute approximate surface area is 121 Å². The van der Waals surface area contributed by atoms with Crippen LogP contribution in [-0.4, -0.2) is 15.1 Å². The van der Waals surface area contributed by atoms with Gasteiger partial charge in [0.15, 0.2) is 0 Å². The zero-order valence-electron chi connectivity index (χ0n) is 11.8. The normalized spacial score (nSPS) is 14.4. The molecular weight excluding hydrogens is 270 g/mol. The van der Waals surface area contributed by atoms with E-state index in [1.807, 2.05) is 13.8 Å². The molecule has 2 N–H and O–H groups in total. The van der Waals surface area contributed by atoms with E-state index in [1.54, 1.807) is 6.07 Å². The lowest BCUT2D eigenvalue weighted by molar-refractivity contribution is -0.383. The molecule has 0 unspecified atom stereocenters. The minimum absolute atomic E-state index is 0.0355. The molecule has 0 fully saturated rings. The predicted octanol–water partition coefficient (Wildman–Crippen LogP) is 3.59. The number of allylic oxidation sites excluding steroid dienone is 2. The van der Waals surface area contributed by atoms with Crippen LogP contribution >= 0.6 is 0 Å². The number of fused-ring (bicyclic) bond motifs is 2. The van der Waals surface area contributed by atoms with Crippen LogP contribution in [0.5, 0.6) is 11.5 Å². The maximum Gasteiger partial charge on any atom is 0.281 e. The second-order valence-corrected chi connectivity index (χ2v) is 5.53. The standard InChI is InChI=1S/C16H15NO4/c1-8-6-11-12(7-9(8)2)16(19)14-10(15(11)18)4-3-5-13(14)17(20)21/h3-5,18-19H,6-7H2,1-2H3. The number of nitrogens with zero attached hydrogens (tertiary/aromatic N) is 1. The maximum atomic E-state index is 11.2. The minimum Gasteiger partial charge on any atom is -0.507 e. The van der Waals surface area contributed by atoms with Crippen molar-refractivity contribution in [3.05, 3.63) is 50.6 Å². The van der Waals surface area contributed by atoms with E-state index in [9.17, 15) is 20.3 Å². The molecule has 0 aliphatic heterocycles. The van der Waals surface area contributed by atoms with Crippen molar-refractivity contribution in [2.75, 3.05) is 0 Å². The second-order valence-electron chi connectivity index (χ2n) is 5.53. The number of phenolic OH excluding ortho intramolecular Hbond substituents is 2. The van der Waals surface area contributed by atoms with E-state index in [2.05, 4.69) is 0 Å².